The normalized spacial score (nSPS) is 11.4. The lowest BCUT2D eigenvalue weighted by Gasteiger charge is -2.27. The van der Waals surface area contributed by atoms with E-state index in [1.165, 1.54) is 76.9 Å². The quantitative estimate of drug-likeness (QED) is 0.158. The minimum Gasteiger partial charge on any atom is -0.310 e. The van der Waals surface area contributed by atoms with Gasteiger partial charge in [0.1, 0.15) is 0 Å². The van der Waals surface area contributed by atoms with Crippen molar-refractivity contribution >= 4 is 60.4 Å². The molecule has 0 amide bonds. The number of benzene rings is 10. The van der Waals surface area contributed by atoms with Crippen molar-refractivity contribution in [3.05, 3.63) is 231 Å². The van der Waals surface area contributed by atoms with Gasteiger partial charge in [0, 0.05) is 38.8 Å². The van der Waals surface area contributed by atoms with E-state index in [-0.39, 0.29) is 0 Å². The van der Waals surface area contributed by atoms with Crippen LogP contribution in [0.15, 0.2) is 231 Å². The first-order valence-electron chi connectivity index (χ1n) is 19.9. The standard InChI is InChI=1S/C56H38N2/c1-4-17-40(18-5-1)50-33-30-42-21-12-13-25-49(42)56(50)58-54-27-15-14-26-51(54)52-35-32-47(38-55(52)58)57(45-23-8-3-9-24-45)46-31-34-48(53(37-46)41-19-6-2-7-20-41)44-29-28-39-16-10-11-22-43(39)36-44/h1-38H. The first-order chi connectivity index (χ1) is 28.8. The number of para-hydroxylation sites is 2. The van der Waals surface area contributed by atoms with Gasteiger partial charge >= 0.3 is 0 Å². The van der Waals surface area contributed by atoms with Gasteiger partial charge in [0.15, 0.2) is 0 Å². The zero-order valence-electron chi connectivity index (χ0n) is 31.8. The second-order valence-corrected chi connectivity index (χ2v) is 14.9. The molecule has 0 N–H and O–H groups in total. The van der Waals surface area contributed by atoms with Gasteiger partial charge in [0.05, 0.1) is 16.7 Å². The van der Waals surface area contributed by atoms with Crippen LogP contribution in [0.1, 0.15) is 0 Å². The highest BCUT2D eigenvalue weighted by Crippen LogP contribution is 2.45. The molecule has 272 valence electrons. The van der Waals surface area contributed by atoms with Crippen LogP contribution in [0.5, 0.6) is 0 Å². The molecule has 2 heteroatoms. The first-order valence-corrected chi connectivity index (χ1v) is 19.9. The van der Waals surface area contributed by atoms with Gasteiger partial charge in [-0.15, -0.1) is 0 Å². The van der Waals surface area contributed by atoms with Gasteiger partial charge < -0.3 is 9.47 Å². The summed E-state index contributed by atoms with van der Waals surface area (Å²) in [6.07, 6.45) is 0. The molecule has 0 radical (unpaired) electrons. The zero-order valence-corrected chi connectivity index (χ0v) is 31.8. The van der Waals surface area contributed by atoms with Crippen LogP contribution >= 0.6 is 0 Å². The van der Waals surface area contributed by atoms with Crippen LogP contribution in [0.2, 0.25) is 0 Å². The average molecular weight is 739 g/mol. The summed E-state index contributed by atoms with van der Waals surface area (Å²) in [5.41, 5.74) is 14.0. The molecule has 0 saturated carbocycles. The van der Waals surface area contributed by atoms with Crippen molar-refractivity contribution < 1.29 is 0 Å². The van der Waals surface area contributed by atoms with Crippen molar-refractivity contribution in [1.82, 2.24) is 4.57 Å². The smallest absolute Gasteiger partial charge is 0.0618 e. The van der Waals surface area contributed by atoms with Crippen molar-refractivity contribution in [1.29, 1.82) is 0 Å². The predicted molar refractivity (Wildman–Crippen MR) is 247 cm³/mol. The van der Waals surface area contributed by atoms with Gasteiger partial charge in [0.25, 0.3) is 0 Å². The fraction of sp³-hybridized carbons (Fsp3) is 0. The summed E-state index contributed by atoms with van der Waals surface area (Å²) in [6.45, 7) is 0. The maximum atomic E-state index is 2.50. The molecule has 0 bridgehead atoms. The summed E-state index contributed by atoms with van der Waals surface area (Å²) in [6, 6.07) is 83.8. The number of aromatic nitrogens is 1. The van der Waals surface area contributed by atoms with Crippen molar-refractivity contribution in [2.75, 3.05) is 4.90 Å². The second-order valence-electron chi connectivity index (χ2n) is 14.9. The molecule has 0 spiro atoms. The van der Waals surface area contributed by atoms with Crippen LogP contribution in [0.25, 0.3) is 82.4 Å². The first kappa shape index (κ1) is 33.6. The maximum absolute atomic E-state index is 2.50. The Kier molecular flexibility index (Phi) is 8.19. The lowest BCUT2D eigenvalue weighted by molar-refractivity contribution is 1.19. The molecule has 1 heterocycles. The van der Waals surface area contributed by atoms with Gasteiger partial charge in [0.2, 0.25) is 0 Å². The number of fused-ring (bicyclic) bond motifs is 5. The van der Waals surface area contributed by atoms with Crippen molar-refractivity contribution in [2.24, 2.45) is 0 Å². The Balaban J connectivity index is 1.17. The van der Waals surface area contributed by atoms with Crippen molar-refractivity contribution in [2.45, 2.75) is 0 Å². The van der Waals surface area contributed by atoms with E-state index in [4.69, 9.17) is 0 Å². The van der Waals surface area contributed by atoms with Gasteiger partial charge in [-0.05, 0) is 92.5 Å². The fourth-order valence-electron chi connectivity index (χ4n) is 8.85. The van der Waals surface area contributed by atoms with E-state index in [9.17, 15) is 0 Å². The summed E-state index contributed by atoms with van der Waals surface area (Å²) in [5, 5.41) is 7.36. The molecule has 0 unspecified atom stereocenters. The Morgan fingerprint density at radius 2 is 0.828 bits per heavy atom. The lowest BCUT2D eigenvalue weighted by atomic mass is 9.92. The molecule has 2 nitrogen and oxygen atoms in total. The van der Waals surface area contributed by atoms with E-state index in [1.807, 2.05) is 0 Å². The fourth-order valence-corrected chi connectivity index (χ4v) is 8.85. The van der Waals surface area contributed by atoms with Crippen LogP contribution in [0.3, 0.4) is 0 Å². The molecule has 1 aromatic heterocycles. The molecule has 0 atom stereocenters. The van der Waals surface area contributed by atoms with Gasteiger partial charge in [-0.1, -0.05) is 182 Å². The van der Waals surface area contributed by atoms with E-state index in [2.05, 4.69) is 240 Å². The van der Waals surface area contributed by atoms with E-state index >= 15 is 0 Å². The summed E-state index contributed by atoms with van der Waals surface area (Å²) < 4.78 is 2.50. The Labute approximate surface area is 338 Å². The van der Waals surface area contributed by atoms with Crippen molar-refractivity contribution in [3.63, 3.8) is 0 Å². The third kappa shape index (κ3) is 5.74. The zero-order chi connectivity index (χ0) is 38.4. The molecule has 58 heavy (non-hydrogen) atoms. The molecular formula is C56H38N2. The average Bonchev–Trinajstić information content (AvgIpc) is 3.62. The third-order valence-electron chi connectivity index (χ3n) is 11.5. The van der Waals surface area contributed by atoms with E-state index in [1.54, 1.807) is 0 Å². The van der Waals surface area contributed by atoms with E-state index in [0.717, 1.165) is 22.6 Å². The lowest BCUT2D eigenvalue weighted by Crippen LogP contribution is -2.10. The van der Waals surface area contributed by atoms with Gasteiger partial charge in [-0.25, -0.2) is 0 Å². The Hall–Kier alpha value is -7.68. The molecule has 0 aliphatic heterocycles. The Morgan fingerprint density at radius 1 is 0.276 bits per heavy atom. The van der Waals surface area contributed by atoms with Crippen LogP contribution in [-0.2, 0) is 0 Å². The summed E-state index contributed by atoms with van der Waals surface area (Å²) >= 11 is 0. The predicted octanol–water partition coefficient (Wildman–Crippen LogP) is 15.6. The minimum absolute atomic E-state index is 1.08. The molecule has 0 saturated heterocycles. The van der Waals surface area contributed by atoms with Gasteiger partial charge in [-0.2, -0.15) is 0 Å². The topological polar surface area (TPSA) is 8.17 Å². The monoisotopic (exact) mass is 738 g/mol. The molecule has 0 fully saturated rings. The maximum Gasteiger partial charge on any atom is 0.0618 e. The summed E-state index contributed by atoms with van der Waals surface area (Å²) in [4.78, 5) is 2.40. The highest BCUT2D eigenvalue weighted by atomic mass is 15.1. The third-order valence-corrected chi connectivity index (χ3v) is 11.5. The number of rotatable bonds is 7. The van der Waals surface area contributed by atoms with Crippen molar-refractivity contribution in [3.8, 4) is 39.1 Å². The van der Waals surface area contributed by atoms with Crippen LogP contribution in [-0.4, -0.2) is 4.57 Å². The van der Waals surface area contributed by atoms with Crippen LogP contribution in [0.4, 0.5) is 17.1 Å². The van der Waals surface area contributed by atoms with E-state index in [0.29, 0.717) is 0 Å². The van der Waals surface area contributed by atoms with Gasteiger partial charge in [-0.3, -0.25) is 0 Å². The number of hydrogen-bond acceptors (Lipinski definition) is 1. The molecule has 0 aliphatic rings. The molecular weight excluding hydrogens is 701 g/mol. The highest BCUT2D eigenvalue weighted by molar-refractivity contribution is 6.13. The minimum atomic E-state index is 1.08. The SMILES string of the molecule is c1ccc(-c2cc(N(c3ccccc3)c3ccc4c5ccccc5n(-c5c(-c6ccccc6)ccc6ccccc56)c4c3)ccc2-c2ccc3ccccc3c2)cc1. The number of anilines is 3. The van der Waals surface area contributed by atoms with E-state index < -0.39 is 0 Å². The molecule has 10 aromatic carbocycles. The summed E-state index contributed by atoms with van der Waals surface area (Å²) in [5.74, 6) is 0. The molecule has 11 rings (SSSR count). The highest BCUT2D eigenvalue weighted by Gasteiger charge is 2.22. The summed E-state index contributed by atoms with van der Waals surface area (Å²) in [7, 11) is 0. The number of nitrogens with zero attached hydrogens (tertiary/aromatic N) is 2. The Bertz CT molecular complexity index is 3270. The van der Waals surface area contributed by atoms with Crippen LogP contribution in [0, 0.1) is 0 Å². The van der Waals surface area contributed by atoms with Crippen LogP contribution < -0.4 is 4.90 Å². The number of hydrogen-bond donors (Lipinski definition) is 0. The molecule has 11 aromatic rings. The largest absolute Gasteiger partial charge is 0.310 e. The Morgan fingerprint density at radius 3 is 1.60 bits per heavy atom. The molecule has 0 aliphatic carbocycles. The second kappa shape index (κ2) is 14.1.